The number of likely N-dealkylation sites (tertiary alicyclic amines) is 1. The van der Waals surface area contributed by atoms with Crippen LogP contribution in [-0.4, -0.2) is 69.2 Å². The first-order valence-electron chi connectivity index (χ1n) is 8.66. The Morgan fingerprint density at radius 3 is 2.35 bits per heavy atom. The van der Waals surface area contributed by atoms with E-state index in [4.69, 9.17) is 0 Å². The lowest BCUT2D eigenvalue weighted by Crippen LogP contribution is -2.49. The van der Waals surface area contributed by atoms with Crippen molar-refractivity contribution < 1.29 is 4.79 Å². The SMILES string of the molecule is Cc1nn(CC(=O)N2CCC(N3CCSCC3)CC2)c(C)c1C. The Kier molecular flexibility index (Phi) is 5.31. The molecule has 2 aliphatic rings. The molecule has 0 N–H and O–H groups in total. The first-order chi connectivity index (χ1) is 11.1. The molecule has 0 bridgehead atoms. The molecule has 2 saturated heterocycles. The van der Waals surface area contributed by atoms with Gasteiger partial charge in [-0.1, -0.05) is 0 Å². The first-order valence-corrected chi connectivity index (χ1v) is 9.82. The zero-order valence-corrected chi connectivity index (χ0v) is 15.4. The zero-order valence-electron chi connectivity index (χ0n) is 14.5. The molecule has 2 aliphatic heterocycles. The van der Waals surface area contributed by atoms with E-state index in [0.29, 0.717) is 12.6 Å². The van der Waals surface area contributed by atoms with Crippen LogP contribution in [-0.2, 0) is 11.3 Å². The van der Waals surface area contributed by atoms with Gasteiger partial charge in [0.25, 0.3) is 0 Å². The van der Waals surface area contributed by atoms with Crippen molar-refractivity contribution in [3.05, 3.63) is 17.0 Å². The summed E-state index contributed by atoms with van der Waals surface area (Å²) >= 11 is 2.06. The highest BCUT2D eigenvalue weighted by Gasteiger charge is 2.28. The Morgan fingerprint density at radius 2 is 1.78 bits per heavy atom. The molecule has 0 atom stereocenters. The summed E-state index contributed by atoms with van der Waals surface area (Å²) in [6.07, 6.45) is 2.24. The monoisotopic (exact) mass is 336 g/mol. The number of thioether (sulfide) groups is 1. The van der Waals surface area contributed by atoms with E-state index in [1.807, 2.05) is 23.4 Å². The number of aryl methyl sites for hydroxylation is 1. The van der Waals surface area contributed by atoms with E-state index in [2.05, 4.69) is 28.7 Å². The molecule has 0 aliphatic carbocycles. The standard InChI is InChI=1S/C17H28N4OS/c1-13-14(2)18-21(15(13)3)12-17(22)20-6-4-16(5-7-20)19-8-10-23-11-9-19/h16H,4-12H2,1-3H3. The fraction of sp³-hybridized carbons (Fsp3) is 0.765. The Bertz CT molecular complexity index is 557. The summed E-state index contributed by atoms with van der Waals surface area (Å²) in [6, 6.07) is 0.677. The summed E-state index contributed by atoms with van der Waals surface area (Å²) in [6.45, 7) is 10.7. The van der Waals surface area contributed by atoms with E-state index < -0.39 is 0 Å². The summed E-state index contributed by atoms with van der Waals surface area (Å²) in [5.74, 6) is 2.73. The minimum absolute atomic E-state index is 0.211. The maximum Gasteiger partial charge on any atom is 0.244 e. The van der Waals surface area contributed by atoms with Crippen molar-refractivity contribution in [3.63, 3.8) is 0 Å². The third kappa shape index (κ3) is 3.74. The largest absolute Gasteiger partial charge is 0.341 e. The molecular weight excluding hydrogens is 308 g/mol. The quantitative estimate of drug-likeness (QED) is 0.845. The number of hydrogen-bond acceptors (Lipinski definition) is 4. The van der Waals surface area contributed by atoms with Gasteiger partial charge in [0.2, 0.25) is 5.91 Å². The lowest BCUT2D eigenvalue weighted by Gasteiger charge is -2.40. The topological polar surface area (TPSA) is 41.4 Å². The highest BCUT2D eigenvalue weighted by Crippen LogP contribution is 2.21. The van der Waals surface area contributed by atoms with Crippen LogP contribution in [0.15, 0.2) is 0 Å². The predicted octanol–water partition coefficient (Wildman–Crippen LogP) is 1.85. The molecule has 1 aromatic rings. The second-order valence-corrected chi connectivity index (χ2v) is 7.94. The number of amides is 1. The molecule has 3 rings (SSSR count). The van der Waals surface area contributed by atoms with Gasteiger partial charge in [-0.2, -0.15) is 16.9 Å². The molecular formula is C17H28N4OS. The van der Waals surface area contributed by atoms with Gasteiger partial charge in [0, 0.05) is 49.4 Å². The van der Waals surface area contributed by atoms with E-state index in [9.17, 15) is 4.79 Å². The van der Waals surface area contributed by atoms with Gasteiger partial charge >= 0.3 is 0 Å². The molecule has 5 nitrogen and oxygen atoms in total. The van der Waals surface area contributed by atoms with E-state index in [-0.39, 0.29) is 5.91 Å². The van der Waals surface area contributed by atoms with Crippen LogP contribution in [0, 0.1) is 20.8 Å². The van der Waals surface area contributed by atoms with E-state index >= 15 is 0 Å². The van der Waals surface area contributed by atoms with Gasteiger partial charge in [-0.05, 0) is 39.2 Å². The minimum Gasteiger partial charge on any atom is -0.341 e. The third-order valence-corrected chi connectivity index (χ3v) is 6.35. The maximum absolute atomic E-state index is 12.6. The Balaban J connectivity index is 1.52. The van der Waals surface area contributed by atoms with Crippen molar-refractivity contribution in [1.82, 2.24) is 19.6 Å². The van der Waals surface area contributed by atoms with Crippen LogP contribution in [0.4, 0.5) is 0 Å². The van der Waals surface area contributed by atoms with Crippen LogP contribution in [0.1, 0.15) is 29.8 Å². The van der Waals surface area contributed by atoms with Crippen molar-refractivity contribution in [2.75, 3.05) is 37.7 Å². The maximum atomic E-state index is 12.6. The van der Waals surface area contributed by atoms with E-state index in [1.165, 1.54) is 30.2 Å². The zero-order chi connectivity index (χ0) is 16.4. The Labute approximate surface area is 143 Å². The van der Waals surface area contributed by atoms with Crippen molar-refractivity contribution in [1.29, 1.82) is 0 Å². The van der Waals surface area contributed by atoms with Gasteiger partial charge in [-0.25, -0.2) is 0 Å². The van der Waals surface area contributed by atoms with E-state index in [1.54, 1.807) is 0 Å². The smallest absolute Gasteiger partial charge is 0.244 e. The predicted molar refractivity (Wildman–Crippen MR) is 94.9 cm³/mol. The molecule has 2 fully saturated rings. The average molecular weight is 337 g/mol. The molecule has 1 aromatic heterocycles. The Hall–Kier alpha value is -1.01. The number of carbonyl (C=O) groups is 1. The average Bonchev–Trinajstić information content (AvgIpc) is 2.83. The van der Waals surface area contributed by atoms with Crippen molar-refractivity contribution >= 4 is 17.7 Å². The van der Waals surface area contributed by atoms with Gasteiger partial charge in [0.05, 0.1) is 5.69 Å². The fourth-order valence-corrected chi connectivity index (χ4v) is 4.52. The lowest BCUT2D eigenvalue weighted by molar-refractivity contribution is -0.133. The molecule has 1 amide bonds. The number of nitrogens with zero attached hydrogens (tertiary/aromatic N) is 4. The van der Waals surface area contributed by atoms with Gasteiger partial charge in [0.15, 0.2) is 0 Å². The number of carbonyl (C=O) groups excluding carboxylic acids is 1. The molecule has 0 radical (unpaired) electrons. The highest BCUT2D eigenvalue weighted by atomic mass is 32.2. The van der Waals surface area contributed by atoms with Gasteiger partial charge < -0.3 is 4.90 Å². The van der Waals surface area contributed by atoms with Gasteiger partial charge in [-0.15, -0.1) is 0 Å². The minimum atomic E-state index is 0.211. The third-order valence-electron chi connectivity index (χ3n) is 5.41. The summed E-state index contributed by atoms with van der Waals surface area (Å²) in [5, 5.41) is 4.49. The van der Waals surface area contributed by atoms with E-state index in [0.717, 1.165) is 37.3 Å². The van der Waals surface area contributed by atoms with Crippen LogP contribution in [0.5, 0.6) is 0 Å². The molecule has 0 spiro atoms. The second-order valence-electron chi connectivity index (χ2n) is 6.71. The number of hydrogen-bond donors (Lipinski definition) is 0. The van der Waals surface area contributed by atoms with Crippen LogP contribution in [0.3, 0.4) is 0 Å². The molecule has 3 heterocycles. The number of rotatable bonds is 3. The van der Waals surface area contributed by atoms with Crippen molar-refractivity contribution in [2.45, 2.75) is 46.2 Å². The van der Waals surface area contributed by atoms with Crippen LogP contribution >= 0.6 is 11.8 Å². The normalized spacial score (nSPS) is 20.9. The molecule has 128 valence electrons. The van der Waals surface area contributed by atoms with Gasteiger partial charge in [0.1, 0.15) is 6.54 Å². The summed E-state index contributed by atoms with van der Waals surface area (Å²) in [5.41, 5.74) is 3.33. The van der Waals surface area contributed by atoms with Crippen molar-refractivity contribution in [3.8, 4) is 0 Å². The van der Waals surface area contributed by atoms with Crippen LogP contribution < -0.4 is 0 Å². The summed E-state index contributed by atoms with van der Waals surface area (Å²) in [4.78, 5) is 17.2. The highest BCUT2D eigenvalue weighted by molar-refractivity contribution is 7.99. The van der Waals surface area contributed by atoms with Crippen molar-refractivity contribution in [2.24, 2.45) is 0 Å². The molecule has 0 saturated carbocycles. The molecule has 23 heavy (non-hydrogen) atoms. The number of piperidine rings is 1. The fourth-order valence-electron chi connectivity index (χ4n) is 3.59. The second kappa shape index (κ2) is 7.26. The first kappa shape index (κ1) is 16.8. The van der Waals surface area contributed by atoms with Crippen LogP contribution in [0.25, 0.3) is 0 Å². The number of aromatic nitrogens is 2. The van der Waals surface area contributed by atoms with Gasteiger partial charge in [-0.3, -0.25) is 14.4 Å². The van der Waals surface area contributed by atoms with Crippen LogP contribution in [0.2, 0.25) is 0 Å². The molecule has 6 heteroatoms. The lowest BCUT2D eigenvalue weighted by atomic mass is 10.0. The Morgan fingerprint density at radius 1 is 1.13 bits per heavy atom. The molecule has 0 aromatic carbocycles. The summed E-state index contributed by atoms with van der Waals surface area (Å²) in [7, 11) is 0. The summed E-state index contributed by atoms with van der Waals surface area (Å²) < 4.78 is 1.86. The molecule has 0 unspecified atom stereocenters.